The van der Waals surface area contributed by atoms with Gasteiger partial charge in [0.25, 0.3) is 0 Å². The molecule has 4 rings (SSSR count). The molecule has 0 bridgehead atoms. The lowest BCUT2D eigenvalue weighted by Gasteiger charge is -2.26. The van der Waals surface area contributed by atoms with Crippen LogP contribution in [0.2, 0.25) is 0 Å². The number of nitrogens with one attached hydrogen (secondary N) is 1. The molecule has 1 aliphatic carbocycles. The number of carbonyl (C=O) groups excluding carboxylic acids is 1. The standard InChI is InChI=1S/C28H31FN2O4S/c1-19-7-6-10-23(26(19)35-18-20-8-4-3-5-9-20)24-15-21(11-12-25(24)29)16-28(27(30)32)14-13-22(17-28)31-36(2,33)34/h3-12,15,22,31H,13-14,16-18H2,1-2H3,(H2,30,32)/t22-,28+/m0/s1. The zero-order valence-corrected chi connectivity index (χ0v) is 21.3. The fraction of sp³-hybridized carbons (Fsp3) is 0.321. The van der Waals surface area contributed by atoms with Gasteiger partial charge in [-0.3, -0.25) is 4.79 Å². The van der Waals surface area contributed by atoms with E-state index in [9.17, 15) is 13.2 Å². The molecule has 1 saturated carbocycles. The number of nitrogens with two attached hydrogens (primary N) is 1. The number of para-hydroxylation sites is 1. The minimum absolute atomic E-state index is 0.295. The monoisotopic (exact) mass is 510 g/mol. The van der Waals surface area contributed by atoms with Crippen molar-refractivity contribution in [3.05, 3.63) is 89.2 Å². The van der Waals surface area contributed by atoms with Crippen LogP contribution >= 0.6 is 0 Å². The highest BCUT2D eigenvalue weighted by molar-refractivity contribution is 7.88. The van der Waals surface area contributed by atoms with E-state index in [1.54, 1.807) is 12.1 Å². The molecule has 1 amide bonds. The zero-order valence-electron chi connectivity index (χ0n) is 20.5. The lowest BCUT2D eigenvalue weighted by atomic mass is 9.78. The van der Waals surface area contributed by atoms with E-state index in [0.29, 0.717) is 49.2 Å². The van der Waals surface area contributed by atoms with Gasteiger partial charge < -0.3 is 10.5 Å². The van der Waals surface area contributed by atoms with E-state index >= 15 is 4.39 Å². The van der Waals surface area contributed by atoms with E-state index in [4.69, 9.17) is 10.5 Å². The van der Waals surface area contributed by atoms with Crippen molar-refractivity contribution in [2.45, 2.75) is 45.3 Å². The molecular formula is C28H31FN2O4S. The van der Waals surface area contributed by atoms with Crippen LogP contribution in [0.15, 0.2) is 66.7 Å². The van der Waals surface area contributed by atoms with Gasteiger partial charge in [0.1, 0.15) is 18.2 Å². The second-order valence-electron chi connectivity index (χ2n) is 9.69. The Morgan fingerprint density at radius 2 is 1.83 bits per heavy atom. The average molecular weight is 511 g/mol. The highest BCUT2D eigenvalue weighted by Crippen LogP contribution is 2.42. The van der Waals surface area contributed by atoms with Gasteiger partial charge in [-0.05, 0) is 61.4 Å². The molecule has 3 aromatic carbocycles. The van der Waals surface area contributed by atoms with Gasteiger partial charge in [0, 0.05) is 17.2 Å². The first-order valence-corrected chi connectivity index (χ1v) is 13.8. The maximum Gasteiger partial charge on any atom is 0.224 e. The molecule has 0 aliphatic heterocycles. The molecule has 0 radical (unpaired) electrons. The Hall–Kier alpha value is -3.23. The Bertz CT molecular complexity index is 1360. The summed E-state index contributed by atoms with van der Waals surface area (Å²) in [4.78, 5) is 12.5. The third kappa shape index (κ3) is 5.94. The first kappa shape index (κ1) is 25.9. The average Bonchev–Trinajstić information content (AvgIpc) is 3.22. The zero-order chi connectivity index (χ0) is 25.9. The van der Waals surface area contributed by atoms with Crippen LogP contribution in [0.3, 0.4) is 0 Å². The highest BCUT2D eigenvalue weighted by atomic mass is 32.2. The summed E-state index contributed by atoms with van der Waals surface area (Å²) in [5.74, 6) is -0.279. The van der Waals surface area contributed by atoms with Crippen molar-refractivity contribution in [3.63, 3.8) is 0 Å². The number of benzene rings is 3. The highest BCUT2D eigenvalue weighted by Gasteiger charge is 2.44. The van der Waals surface area contributed by atoms with E-state index in [0.717, 1.165) is 22.9 Å². The first-order chi connectivity index (χ1) is 17.1. The summed E-state index contributed by atoms with van der Waals surface area (Å²) in [5, 5.41) is 0. The van der Waals surface area contributed by atoms with Gasteiger partial charge >= 0.3 is 0 Å². The maximum atomic E-state index is 15.1. The molecule has 2 atom stereocenters. The molecular weight excluding hydrogens is 479 g/mol. The summed E-state index contributed by atoms with van der Waals surface area (Å²) in [5.41, 5.74) is 8.55. The lowest BCUT2D eigenvalue weighted by molar-refractivity contribution is -0.127. The molecule has 0 unspecified atom stereocenters. The van der Waals surface area contributed by atoms with Crippen molar-refractivity contribution in [1.82, 2.24) is 4.72 Å². The number of ether oxygens (including phenoxy) is 1. The fourth-order valence-corrected chi connectivity index (χ4v) is 5.87. The molecule has 8 heteroatoms. The largest absolute Gasteiger partial charge is 0.488 e. The molecule has 3 aromatic rings. The minimum atomic E-state index is -3.40. The molecule has 0 saturated heterocycles. The van der Waals surface area contributed by atoms with E-state index in [2.05, 4.69) is 4.72 Å². The minimum Gasteiger partial charge on any atom is -0.488 e. The molecule has 190 valence electrons. The Kier molecular flexibility index (Phi) is 7.47. The lowest BCUT2D eigenvalue weighted by Crippen LogP contribution is -2.40. The smallest absolute Gasteiger partial charge is 0.224 e. The molecule has 36 heavy (non-hydrogen) atoms. The Labute approximate surface area is 211 Å². The molecule has 0 spiro atoms. The SMILES string of the molecule is Cc1cccc(-c2cc(C[C@]3(C(N)=O)CC[C@H](NS(C)(=O)=O)C3)ccc2F)c1OCc1ccccc1. The van der Waals surface area contributed by atoms with Crippen LogP contribution < -0.4 is 15.2 Å². The summed E-state index contributed by atoms with van der Waals surface area (Å²) < 4.78 is 47.2. The van der Waals surface area contributed by atoms with Crippen LogP contribution in [0.4, 0.5) is 4.39 Å². The summed E-state index contributed by atoms with van der Waals surface area (Å²) >= 11 is 0. The molecule has 0 heterocycles. The molecule has 0 aromatic heterocycles. The van der Waals surface area contributed by atoms with Gasteiger partial charge in [-0.15, -0.1) is 0 Å². The molecule has 3 N–H and O–H groups in total. The van der Waals surface area contributed by atoms with Gasteiger partial charge in [0.15, 0.2) is 0 Å². The Morgan fingerprint density at radius 3 is 2.53 bits per heavy atom. The van der Waals surface area contributed by atoms with Gasteiger partial charge in [-0.1, -0.05) is 54.6 Å². The third-order valence-electron chi connectivity index (χ3n) is 6.81. The second-order valence-corrected chi connectivity index (χ2v) is 11.5. The molecule has 1 aliphatic rings. The van der Waals surface area contributed by atoms with Crippen molar-refractivity contribution < 1.29 is 22.3 Å². The summed E-state index contributed by atoms with van der Waals surface area (Å²) in [6.45, 7) is 2.26. The van der Waals surface area contributed by atoms with Crippen molar-refractivity contribution >= 4 is 15.9 Å². The predicted octanol–water partition coefficient (Wildman–Crippen LogP) is 4.50. The van der Waals surface area contributed by atoms with E-state index in [-0.39, 0.29) is 6.04 Å². The van der Waals surface area contributed by atoms with E-state index in [1.165, 1.54) is 6.07 Å². The van der Waals surface area contributed by atoms with Gasteiger partial charge in [-0.25, -0.2) is 17.5 Å². The van der Waals surface area contributed by atoms with Crippen LogP contribution in [0.5, 0.6) is 5.75 Å². The predicted molar refractivity (Wildman–Crippen MR) is 138 cm³/mol. The number of hydrogen-bond donors (Lipinski definition) is 2. The van der Waals surface area contributed by atoms with Crippen molar-refractivity contribution in [2.24, 2.45) is 11.1 Å². The fourth-order valence-electron chi connectivity index (χ4n) is 5.07. The normalized spacial score (nSPS) is 19.8. The molecule has 1 fully saturated rings. The number of aryl methyl sites for hydroxylation is 1. The Balaban J connectivity index is 1.63. The van der Waals surface area contributed by atoms with Crippen LogP contribution in [0, 0.1) is 18.2 Å². The number of halogens is 1. The number of rotatable bonds is 9. The second kappa shape index (κ2) is 10.4. The van der Waals surface area contributed by atoms with E-state index in [1.807, 2.05) is 55.5 Å². The first-order valence-electron chi connectivity index (χ1n) is 11.9. The van der Waals surface area contributed by atoms with Crippen LogP contribution in [-0.4, -0.2) is 26.6 Å². The summed E-state index contributed by atoms with van der Waals surface area (Å²) in [7, 11) is -3.40. The van der Waals surface area contributed by atoms with E-state index < -0.39 is 27.2 Å². The maximum absolute atomic E-state index is 15.1. The summed E-state index contributed by atoms with van der Waals surface area (Å²) in [6, 6.07) is 19.8. The van der Waals surface area contributed by atoms with Crippen LogP contribution in [0.1, 0.15) is 36.0 Å². The van der Waals surface area contributed by atoms with Gasteiger partial charge in [0.05, 0.1) is 11.7 Å². The quantitative estimate of drug-likeness (QED) is 0.443. The Morgan fingerprint density at radius 1 is 1.08 bits per heavy atom. The summed E-state index contributed by atoms with van der Waals surface area (Å²) in [6.07, 6.45) is 2.67. The topological polar surface area (TPSA) is 98.5 Å². The van der Waals surface area contributed by atoms with Crippen molar-refractivity contribution in [2.75, 3.05) is 6.26 Å². The van der Waals surface area contributed by atoms with Gasteiger partial charge in [0.2, 0.25) is 15.9 Å². The van der Waals surface area contributed by atoms with Crippen molar-refractivity contribution in [3.8, 4) is 16.9 Å². The number of amides is 1. The molecule has 6 nitrogen and oxygen atoms in total. The van der Waals surface area contributed by atoms with Crippen molar-refractivity contribution in [1.29, 1.82) is 0 Å². The number of hydrogen-bond acceptors (Lipinski definition) is 4. The number of primary amides is 1. The van der Waals surface area contributed by atoms with Crippen LogP contribution in [-0.2, 0) is 27.8 Å². The van der Waals surface area contributed by atoms with Gasteiger partial charge in [-0.2, -0.15) is 0 Å². The number of sulfonamides is 1. The number of carbonyl (C=O) groups is 1. The van der Waals surface area contributed by atoms with Crippen LogP contribution in [0.25, 0.3) is 11.1 Å². The third-order valence-corrected chi connectivity index (χ3v) is 7.57.